The number of guanidine groups is 1. The second kappa shape index (κ2) is 13.8. The molecule has 0 unspecified atom stereocenters. The van der Waals surface area contributed by atoms with Crippen LogP contribution in [-0.4, -0.2) is 56.1 Å². The number of aliphatic imine (C=N–C) groups is 1. The van der Waals surface area contributed by atoms with Gasteiger partial charge >= 0.3 is 0 Å². The Morgan fingerprint density at radius 3 is 2.64 bits per heavy atom. The molecule has 0 bridgehead atoms. The lowest BCUT2D eigenvalue weighted by molar-refractivity contribution is 0.332. The summed E-state index contributed by atoms with van der Waals surface area (Å²) in [6.07, 6.45) is 5.23. The molecule has 1 rings (SSSR count). The second-order valence-corrected chi connectivity index (χ2v) is 5.15. The number of likely N-dealkylation sites (N-methyl/N-ethyl adjacent to an activating group) is 1. The molecule has 0 saturated heterocycles. The predicted octanol–water partition coefficient (Wildman–Crippen LogP) is 2.14. The summed E-state index contributed by atoms with van der Waals surface area (Å²) in [6.45, 7) is 6.15. The van der Waals surface area contributed by atoms with Crippen molar-refractivity contribution in [2.24, 2.45) is 4.99 Å². The van der Waals surface area contributed by atoms with Crippen LogP contribution in [0.2, 0.25) is 0 Å². The van der Waals surface area contributed by atoms with Crippen molar-refractivity contribution in [2.75, 3.05) is 40.3 Å². The zero-order valence-corrected chi connectivity index (χ0v) is 16.3. The van der Waals surface area contributed by atoms with E-state index in [0.29, 0.717) is 0 Å². The van der Waals surface area contributed by atoms with Crippen molar-refractivity contribution in [3.8, 4) is 0 Å². The van der Waals surface area contributed by atoms with E-state index in [2.05, 4.69) is 39.5 Å². The molecule has 22 heavy (non-hydrogen) atoms. The molecule has 1 aromatic heterocycles. The highest BCUT2D eigenvalue weighted by molar-refractivity contribution is 14.0. The number of nitrogens with one attached hydrogen (secondary N) is 2. The van der Waals surface area contributed by atoms with E-state index in [0.717, 1.165) is 44.3 Å². The Morgan fingerprint density at radius 2 is 2.00 bits per heavy atom. The number of hydrogen-bond donors (Lipinski definition) is 2. The fourth-order valence-electron chi connectivity index (χ4n) is 1.98. The fraction of sp³-hybridized carbons (Fsp3) is 0.625. The van der Waals surface area contributed by atoms with E-state index in [1.165, 1.54) is 12.8 Å². The third-order valence-electron chi connectivity index (χ3n) is 3.30. The van der Waals surface area contributed by atoms with Gasteiger partial charge in [-0.15, -0.1) is 24.0 Å². The van der Waals surface area contributed by atoms with Crippen molar-refractivity contribution in [1.29, 1.82) is 0 Å². The lowest BCUT2D eigenvalue weighted by Crippen LogP contribution is -2.41. The van der Waals surface area contributed by atoms with E-state index in [-0.39, 0.29) is 24.0 Å². The standard InChI is InChI=1S/C16H29N5.HI/c1-4-5-13-21(3)14-12-20-16(17-2)19-11-9-15-8-6-7-10-18-15;/h6-8,10H,4-5,9,11-14H2,1-3H3,(H2,17,19,20);1H. The van der Waals surface area contributed by atoms with E-state index < -0.39 is 0 Å². The Bertz CT molecular complexity index is 397. The molecule has 0 fully saturated rings. The summed E-state index contributed by atoms with van der Waals surface area (Å²) in [6, 6.07) is 5.99. The van der Waals surface area contributed by atoms with Crippen LogP contribution >= 0.6 is 24.0 Å². The molecule has 2 N–H and O–H groups in total. The van der Waals surface area contributed by atoms with E-state index in [1.807, 2.05) is 24.4 Å². The molecule has 0 saturated carbocycles. The summed E-state index contributed by atoms with van der Waals surface area (Å²) in [5, 5.41) is 6.66. The summed E-state index contributed by atoms with van der Waals surface area (Å²) < 4.78 is 0. The molecular weight excluding hydrogens is 389 g/mol. The SMILES string of the molecule is CCCCN(C)CCNC(=NC)NCCc1ccccn1.I. The highest BCUT2D eigenvalue weighted by Gasteiger charge is 2.00. The monoisotopic (exact) mass is 419 g/mol. The molecule has 126 valence electrons. The minimum Gasteiger partial charge on any atom is -0.356 e. The first-order valence-corrected chi connectivity index (χ1v) is 7.79. The fourth-order valence-corrected chi connectivity index (χ4v) is 1.98. The normalized spacial score (nSPS) is 11.2. The summed E-state index contributed by atoms with van der Waals surface area (Å²) in [7, 11) is 3.96. The van der Waals surface area contributed by atoms with Gasteiger partial charge in [-0.3, -0.25) is 9.98 Å². The highest BCUT2D eigenvalue weighted by Crippen LogP contribution is 1.93. The Hall–Kier alpha value is -0.890. The molecular formula is C16H30IN5. The first kappa shape index (κ1) is 21.1. The maximum absolute atomic E-state index is 4.31. The van der Waals surface area contributed by atoms with Crippen molar-refractivity contribution >= 4 is 29.9 Å². The van der Waals surface area contributed by atoms with Crippen LogP contribution < -0.4 is 10.6 Å². The maximum Gasteiger partial charge on any atom is 0.191 e. The number of rotatable bonds is 9. The highest BCUT2D eigenvalue weighted by atomic mass is 127. The van der Waals surface area contributed by atoms with Crippen LogP contribution in [0, 0.1) is 0 Å². The minimum absolute atomic E-state index is 0. The third kappa shape index (κ3) is 9.94. The molecule has 6 heteroatoms. The van der Waals surface area contributed by atoms with Crippen LogP contribution in [0.1, 0.15) is 25.5 Å². The Balaban J connectivity index is 0.00000441. The molecule has 0 aliphatic rings. The summed E-state index contributed by atoms with van der Waals surface area (Å²) in [5.74, 6) is 0.856. The van der Waals surface area contributed by atoms with Crippen molar-refractivity contribution in [3.63, 3.8) is 0 Å². The van der Waals surface area contributed by atoms with E-state index in [4.69, 9.17) is 0 Å². The average molecular weight is 419 g/mol. The smallest absolute Gasteiger partial charge is 0.191 e. The van der Waals surface area contributed by atoms with Gasteiger partial charge in [0.25, 0.3) is 0 Å². The van der Waals surface area contributed by atoms with Gasteiger partial charge in [0, 0.05) is 45.0 Å². The van der Waals surface area contributed by atoms with Gasteiger partial charge < -0.3 is 15.5 Å². The van der Waals surface area contributed by atoms with Crippen molar-refractivity contribution in [3.05, 3.63) is 30.1 Å². The predicted molar refractivity (Wildman–Crippen MR) is 105 cm³/mol. The molecule has 0 aliphatic heterocycles. The van der Waals surface area contributed by atoms with Crippen molar-refractivity contribution in [2.45, 2.75) is 26.2 Å². The third-order valence-corrected chi connectivity index (χ3v) is 3.30. The van der Waals surface area contributed by atoms with Gasteiger partial charge in [0.15, 0.2) is 5.96 Å². The van der Waals surface area contributed by atoms with Crippen LogP contribution in [0.25, 0.3) is 0 Å². The Labute approximate surface area is 152 Å². The summed E-state index contributed by atoms with van der Waals surface area (Å²) >= 11 is 0. The first-order chi connectivity index (χ1) is 10.3. The molecule has 0 radical (unpaired) electrons. The first-order valence-electron chi connectivity index (χ1n) is 7.79. The Morgan fingerprint density at radius 1 is 1.23 bits per heavy atom. The molecule has 0 amide bonds. The van der Waals surface area contributed by atoms with Crippen LogP contribution in [-0.2, 0) is 6.42 Å². The van der Waals surface area contributed by atoms with Crippen LogP contribution in [0.5, 0.6) is 0 Å². The van der Waals surface area contributed by atoms with Gasteiger partial charge in [-0.25, -0.2) is 0 Å². The summed E-state index contributed by atoms with van der Waals surface area (Å²) in [4.78, 5) is 10.9. The van der Waals surface area contributed by atoms with Gasteiger partial charge in [-0.05, 0) is 32.1 Å². The molecule has 0 spiro atoms. The maximum atomic E-state index is 4.31. The number of halogens is 1. The van der Waals surface area contributed by atoms with Crippen molar-refractivity contribution < 1.29 is 0 Å². The van der Waals surface area contributed by atoms with E-state index >= 15 is 0 Å². The molecule has 1 heterocycles. The van der Waals surface area contributed by atoms with E-state index in [9.17, 15) is 0 Å². The average Bonchev–Trinajstić information content (AvgIpc) is 2.52. The largest absolute Gasteiger partial charge is 0.356 e. The van der Waals surface area contributed by atoms with Gasteiger partial charge in [-0.1, -0.05) is 19.4 Å². The minimum atomic E-state index is 0. The number of pyridine rings is 1. The quantitative estimate of drug-likeness (QED) is 0.366. The molecule has 0 aliphatic carbocycles. The topological polar surface area (TPSA) is 52.5 Å². The second-order valence-electron chi connectivity index (χ2n) is 5.15. The lowest BCUT2D eigenvalue weighted by atomic mass is 10.3. The molecule has 5 nitrogen and oxygen atoms in total. The zero-order chi connectivity index (χ0) is 15.3. The van der Waals surface area contributed by atoms with Crippen molar-refractivity contribution in [1.82, 2.24) is 20.5 Å². The molecule has 0 aromatic carbocycles. The van der Waals surface area contributed by atoms with Gasteiger partial charge in [-0.2, -0.15) is 0 Å². The lowest BCUT2D eigenvalue weighted by Gasteiger charge is -2.17. The van der Waals surface area contributed by atoms with Crippen LogP contribution in [0.15, 0.2) is 29.4 Å². The number of nitrogens with zero attached hydrogens (tertiary/aromatic N) is 3. The molecule has 0 atom stereocenters. The molecule has 1 aromatic rings. The van der Waals surface area contributed by atoms with Crippen LogP contribution in [0.4, 0.5) is 0 Å². The summed E-state index contributed by atoms with van der Waals surface area (Å²) in [5.41, 5.74) is 1.10. The zero-order valence-electron chi connectivity index (χ0n) is 14.0. The number of aromatic nitrogens is 1. The number of unbranched alkanes of at least 4 members (excludes halogenated alkanes) is 1. The van der Waals surface area contributed by atoms with E-state index in [1.54, 1.807) is 7.05 Å². The van der Waals surface area contributed by atoms with Crippen LogP contribution in [0.3, 0.4) is 0 Å². The Kier molecular flexibility index (Phi) is 13.2. The van der Waals surface area contributed by atoms with Gasteiger partial charge in [0.1, 0.15) is 0 Å². The van der Waals surface area contributed by atoms with Gasteiger partial charge in [0.2, 0.25) is 0 Å². The van der Waals surface area contributed by atoms with Gasteiger partial charge in [0.05, 0.1) is 0 Å². The number of hydrogen-bond acceptors (Lipinski definition) is 3.